The van der Waals surface area contributed by atoms with E-state index < -0.39 is 15.8 Å². The van der Waals surface area contributed by atoms with E-state index in [0.29, 0.717) is 19.5 Å². The minimum atomic E-state index is -3.66. The van der Waals surface area contributed by atoms with Gasteiger partial charge in [0.1, 0.15) is 5.82 Å². The highest BCUT2D eigenvalue weighted by Gasteiger charge is 2.20. The number of rotatable bonds is 9. The van der Waals surface area contributed by atoms with Crippen molar-refractivity contribution < 1.29 is 17.6 Å². The van der Waals surface area contributed by atoms with Crippen molar-refractivity contribution in [1.82, 2.24) is 14.5 Å². The Morgan fingerprint density at radius 3 is 2.29 bits per heavy atom. The summed E-state index contributed by atoms with van der Waals surface area (Å²) in [4.78, 5) is 13.5. The van der Waals surface area contributed by atoms with Crippen molar-refractivity contribution in [1.29, 1.82) is 0 Å². The van der Waals surface area contributed by atoms with Gasteiger partial charge in [-0.3, -0.25) is 4.79 Å². The van der Waals surface area contributed by atoms with Gasteiger partial charge in [0, 0.05) is 40.2 Å². The Hall–Kier alpha value is -1.22. The van der Waals surface area contributed by atoms with E-state index in [2.05, 4.69) is 5.32 Å². The molecule has 1 aromatic rings. The molecule has 1 amide bonds. The molecule has 0 saturated carbocycles. The maximum absolute atomic E-state index is 12.9. The van der Waals surface area contributed by atoms with Crippen LogP contribution in [-0.4, -0.2) is 64.3 Å². The average molecular weight is 382 g/mol. The van der Waals surface area contributed by atoms with Crippen LogP contribution >= 0.6 is 12.4 Å². The molecule has 24 heavy (non-hydrogen) atoms. The van der Waals surface area contributed by atoms with Crippen LogP contribution in [0.5, 0.6) is 0 Å². The molecule has 0 aliphatic heterocycles. The third-order valence-electron chi connectivity index (χ3n) is 3.51. The van der Waals surface area contributed by atoms with Crippen LogP contribution in [0.1, 0.15) is 12.8 Å². The zero-order valence-corrected chi connectivity index (χ0v) is 15.8. The molecule has 1 aromatic carbocycles. The second kappa shape index (κ2) is 10.6. The van der Waals surface area contributed by atoms with Gasteiger partial charge in [0.05, 0.1) is 4.90 Å². The Kier molecular flexibility index (Phi) is 10.1. The molecule has 0 fully saturated rings. The minimum Gasteiger partial charge on any atom is -0.344 e. The fourth-order valence-electron chi connectivity index (χ4n) is 1.95. The quantitative estimate of drug-likeness (QED) is 0.700. The topological polar surface area (TPSA) is 69.7 Å². The number of carbonyl (C=O) groups is 1. The highest BCUT2D eigenvalue weighted by atomic mass is 35.5. The molecule has 6 nitrogen and oxygen atoms in total. The molecule has 0 bridgehead atoms. The van der Waals surface area contributed by atoms with Crippen LogP contribution in [0.15, 0.2) is 29.2 Å². The zero-order chi connectivity index (χ0) is 17.5. The van der Waals surface area contributed by atoms with Crippen molar-refractivity contribution in [2.45, 2.75) is 17.7 Å². The number of amides is 1. The first-order valence-corrected chi connectivity index (χ1v) is 8.83. The van der Waals surface area contributed by atoms with E-state index in [1.54, 1.807) is 11.9 Å². The molecular formula is C15H25ClFN3O3S. The first kappa shape index (κ1) is 22.8. The summed E-state index contributed by atoms with van der Waals surface area (Å²) in [5.41, 5.74) is 0. The van der Waals surface area contributed by atoms with Crippen LogP contribution < -0.4 is 5.32 Å². The van der Waals surface area contributed by atoms with Gasteiger partial charge in [0.2, 0.25) is 15.9 Å². The molecule has 0 aliphatic carbocycles. The van der Waals surface area contributed by atoms with E-state index >= 15 is 0 Å². The lowest BCUT2D eigenvalue weighted by Crippen LogP contribution is -2.33. The van der Waals surface area contributed by atoms with Crippen LogP contribution in [0.4, 0.5) is 4.39 Å². The van der Waals surface area contributed by atoms with Crippen molar-refractivity contribution in [2.75, 3.05) is 40.8 Å². The maximum Gasteiger partial charge on any atom is 0.242 e. The van der Waals surface area contributed by atoms with E-state index in [0.717, 1.165) is 12.1 Å². The summed E-state index contributed by atoms with van der Waals surface area (Å²) in [5.74, 6) is -0.505. The van der Waals surface area contributed by atoms with Gasteiger partial charge in [-0.25, -0.2) is 17.1 Å². The summed E-state index contributed by atoms with van der Waals surface area (Å²) in [7, 11) is 1.33. The molecule has 9 heteroatoms. The molecule has 0 atom stereocenters. The number of sulfonamides is 1. The Morgan fingerprint density at radius 1 is 1.17 bits per heavy atom. The molecule has 0 spiro atoms. The van der Waals surface area contributed by atoms with E-state index in [9.17, 15) is 17.6 Å². The van der Waals surface area contributed by atoms with Crippen LogP contribution in [-0.2, 0) is 14.8 Å². The summed E-state index contributed by atoms with van der Waals surface area (Å²) < 4.78 is 38.6. The smallest absolute Gasteiger partial charge is 0.242 e. The predicted molar refractivity (Wildman–Crippen MR) is 94.3 cm³/mol. The number of hydrogen-bond donors (Lipinski definition) is 1. The number of hydrogen-bond acceptors (Lipinski definition) is 4. The predicted octanol–water partition coefficient (Wildman–Crippen LogP) is 1.33. The molecule has 0 saturated heterocycles. The van der Waals surface area contributed by atoms with Gasteiger partial charge in [0.15, 0.2) is 0 Å². The third-order valence-corrected chi connectivity index (χ3v) is 5.38. The summed E-state index contributed by atoms with van der Waals surface area (Å²) in [6.45, 7) is 1.55. The molecule has 0 unspecified atom stereocenters. The van der Waals surface area contributed by atoms with Crippen LogP contribution in [0.25, 0.3) is 0 Å². The average Bonchev–Trinajstić information content (AvgIpc) is 2.52. The number of halogens is 2. The largest absolute Gasteiger partial charge is 0.344 e. The molecule has 1 N–H and O–H groups in total. The summed E-state index contributed by atoms with van der Waals surface area (Å²) in [6.07, 6.45) is 0.711. The molecule has 0 aliphatic rings. The standard InChI is InChI=1S/C15H24FN3O3S.ClH/c1-17-10-12-18(2)15(20)5-4-11-19(3)23(21,22)14-8-6-13(16)7-9-14;/h6-9,17H,4-5,10-12H2,1-3H3;1H. The summed E-state index contributed by atoms with van der Waals surface area (Å²) in [5, 5.41) is 2.96. The molecular weight excluding hydrogens is 357 g/mol. The second-order valence-electron chi connectivity index (χ2n) is 5.30. The molecule has 138 valence electrons. The first-order chi connectivity index (χ1) is 10.8. The first-order valence-electron chi connectivity index (χ1n) is 7.39. The van der Waals surface area contributed by atoms with E-state index in [1.165, 1.54) is 23.5 Å². The van der Waals surface area contributed by atoms with Gasteiger partial charge in [0.25, 0.3) is 0 Å². The van der Waals surface area contributed by atoms with Crippen molar-refractivity contribution in [2.24, 2.45) is 0 Å². The summed E-state index contributed by atoms with van der Waals surface area (Å²) in [6, 6.07) is 4.69. The number of likely N-dealkylation sites (N-methyl/N-ethyl adjacent to an activating group) is 2. The Bertz CT molecular complexity index is 611. The van der Waals surface area contributed by atoms with Crippen LogP contribution in [0.2, 0.25) is 0 Å². The van der Waals surface area contributed by atoms with Crippen LogP contribution in [0.3, 0.4) is 0 Å². The fraction of sp³-hybridized carbons (Fsp3) is 0.533. The lowest BCUT2D eigenvalue weighted by Gasteiger charge is -2.19. The number of nitrogens with one attached hydrogen (secondary N) is 1. The Labute approximate surface area is 149 Å². The van der Waals surface area contributed by atoms with Crippen molar-refractivity contribution in [3.05, 3.63) is 30.1 Å². The number of nitrogens with zero attached hydrogens (tertiary/aromatic N) is 2. The highest BCUT2D eigenvalue weighted by Crippen LogP contribution is 2.15. The van der Waals surface area contributed by atoms with Crippen molar-refractivity contribution in [3.8, 4) is 0 Å². The minimum absolute atomic E-state index is 0. The Balaban J connectivity index is 0.00000529. The van der Waals surface area contributed by atoms with Crippen LogP contribution in [0, 0.1) is 5.82 Å². The van der Waals surface area contributed by atoms with Crippen molar-refractivity contribution in [3.63, 3.8) is 0 Å². The SMILES string of the molecule is CNCCN(C)C(=O)CCCN(C)S(=O)(=O)c1ccc(F)cc1.Cl. The van der Waals surface area contributed by atoms with Gasteiger partial charge in [-0.15, -0.1) is 12.4 Å². The highest BCUT2D eigenvalue weighted by molar-refractivity contribution is 7.89. The van der Waals surface area contributed by atoms with Gasteiger partial charge in [-0.1, -0.05) is 0 Å². The maximum atomic E-state index is 12.9. The zero-order valence-electron chi connectivity index (χ0n) is 14.2. The molecule has 0 radical (unpaired) electrons. The molecule has 1 rings (SSSR count). The number of carbonyl (C=O) groups excluding carboxylic acids is 1. The second-order valence-corrected chi connectivity index (χ2v) is 7.35. The molecule has 0 aromatic heterocycles. The van der Waals surface area contributed by atoms with E-state index in [4.69, 9.17) is 0 Å². The lowest BCUT2D eigenvalue weighted by atomic mass is 10.3. The number of benzene rings is 1. The van der Waals surface area contributed by atoms with Gasteiger partial charge in [-0.2, -0.15) is 0 Å². The summed E-state index contributed by atoms with van der Waals surface area (Å²) >= 11 is 0. The van der Waals surface area contributed by atoms with Gasteiger partial charge in [-0.05, 0) is 37.7 Å². The third kappa shape index (κ3) is 6.72. The van der Waals surface area contributed by atoms with Gasteiger partial charge < -0.3 is 10.2 Å². The van der Waals surface area contributed by atoms with E-state index in [-0.39, 0.29) is 36.2 Å². The lowest BCUT2D eigenvalue weighted by molar-refractivity contribution is -0.129. The monoisotopic (exact) mass is 381 g/mol. The normalized spacial score (nSPS) is 11.2. The Morgan fingerprint density at radius 2 is 1.75 bits per heavy atom. The fourth-order valence-corrected chi connectivity index (χ4v) is 3.16. The van der Waals surface area contributed by atoms with E-state index in [1.807, 2.05) is 7.05 Å². The van der Waals surface area contributed by atoms with Crippen molar-refractivity contribution >= 4 is 28.3 Å². The van der Waals surface area contributed by atoms with Gasteiger partial charge >= 0.3 is 0 Å². The molecule has 0 heterocycles.